The lowest BCUT2D eigenvalue weighted by Crippen LogP contribution is -2.54. The van der Waals surface area contributed by atoms with E-state index < -0.39 is 64.6 Å². The first kappa shape index (κ1) is 23.0. The van der Waals surface area contributed by atoms with E-state index in [2.05, 4.69) is 14.9 Å². The van der Waals surface area contributed by atoms with Gasteiger partial charge in [-0.2, -0.15) is 17.4 Å². The Kier molecular flexibility index (Phi) is 5.74. The normalized spacial score (nSPS) is 25.1. The number of hydrogen-bond acceptors (Lipinski definition) is 5. The van der Waals surface area contributed by atoms with Crippen LogP contribution in [0.15, 0.2) is 21.3 Å². The maximum absolute atomic E-state index is 14.8. The van der Waals surface area contributed by atoms with Crippen LogP contribution in [0.4, 0.5) is 13.2 Å². The summed E-state index contributed by atoms with van der Waals surface area (Å²) in [5.74, 6) is -5.43. The predicted molar refractivity (Wildman–Crippen MR) is 109 cm³/mol. The van der Waals surface area contributed by atoms with Crippen LogP contribution in [0.3, 0.4) is 0 Å². The van der Waals surface area contributed by atoms with Gasteiger partial charge in [0.1, 0.15) is 11.9 Å². The SMILES string of the molecule is Cc1ccc(F)c([C@@H](C)[C@H](NS(=O)(=O)N2C3CCC2CC(F)(F)C3)c2n[nH]c(=O)o2)c1C. The predicted octanol–water partition coefficient (Wildman–Crippen LogP) is 3.06. The van der Waals surface area contributed by atoms with E-state index in [1.165, 1.54) is 6.07 Å². The van der Waals surface area contributed by atoms with Gasteiger partial charge in [0.15, 0.2) is 0 Å². The first-order valence-electron chi connectivity index (χ1n) is 10.4. The molecule has 1 aromatic carbocycles. The zero-order valence-electron chi connectivity index (χ0n) is 17.9. The Bertz CT molecular complexity index is 1160. The number of benzene rings is 1. The van der Waals surface area contributed by atoms with E-state index in [1.54, 1.807) is 26.8 Å². The van der Waals surface area contributed by atoms with Crippen molar-refractivity contribution < 1.29 is 26.0 Å². The van der Waals surface area contributed by atoms with E-state index in [1.807, 2.05) is 0 Å². The zero-order valence-corrected chi connectivity index (χ0v) is 18.7. The van der Waals surface area contributed by atoms with Crippen molar-refractivity contribution in [2.24, 2.45) is 0 Å². The minimum Gasteiger partial charge on any atom is -0.391 e. The van der Waals surface area contributed by atoms with Crippen molar-refractivity contribution in [2.45, 2.75) is 76.4 Å². The molecule has 2 aliphatic rings. The third kappa shape index (κ3) is 4.11. The van der Waals surface area contributed by atoms with Crippen molar-refractivity contribution in [3.05, 3.63) is 51.1 Å². The molecule has 0 saturated carbocycles. The molecule has 2 fully saturated rings. The smallest absolute Gasteiger partial charge is 0.391 e. The number of aromatic amines is 1. The van der Waals surface area contributed by atoms with E-state index in [-0.39, 0.29) is 11.5 Å². The van der Waals surface area contributed by atoms with E-state index in [0.717, 1.165) is 9.87 Å². The van der Waals surface area contributed by atoms with Crippen molar-refractivity contribution in [2.75, 3.05) is 0 Å². The molecule has 176 valence electrons. The number of alkyl halides is 2. The van der Waals surface area contributed by atoms with Gasteiger partial charge in [0.05, 0.1) is 0 Å². The molecule has 3 heterocycles. The minimum absolute atomic E-state index is 0.247. The molecule has 2 bridgehead atoms. The van der Waals surface area contributed by atoms with Crippen molar-refractivity contribution in [3.8, 4) is 0 Å². The molecule has 4 rings (SSSR count). The fourth-order valence-electron chi connectivity index (χ4n) is 4.98. The fourth-order valence-corrected chi connectivity index (χ4v) is 6.87. The van der Waals surface area contributed by atoms with Gasteiger partial charge in [-0.1, -0.05) is 13.0 Å². The number of nitrogens with one attached hydrogen (secondary N) is 2. The van der Waals surface area contributed by atoms with E-state index in [0.29, 0.717) is 18.4 Å². The molecule has 0 aliphatic carbocycles. The summed E-state index contributed by atoms with van der Waals surface area (Å²) < 4.78 is 78.0. The van der Waals surface area contributed by atoms with Crippen LogP contribution in [-0.2, 0) is 10.2 Å². The molecule has 2 saturated heterocycles. The summed E-state index contributed by atoms with van der Waals surface area (Å²) in [7, 11) is -4.28. The molecule has 1 aromatic heterocycles. The maximum atomic E-state index is 14.8. The topological polar surface area (TPSA) is 108 Å². The Hall–Kier alpha value is -2.18. The molecule has 2 N–H and O–H groups in total. The molecule has 2 aliphatic heterocycles. The van der Waals surface area contributed by atoms with Crippen LogP contribution in [0.5, 0.6) is 0 Å². The third-order valence-electron chi connectivity index (χ3n) is 6.58. The third-order valence-corrected chi connectivity index (χ3v) is 8.29. The second-order valence-electron chi connectivity index (χ2n) is 8.72. The first-order chi connectivity index (χ1) is 14.9. The molecular weight excluding hydrogens is 449 g/mol. The molecular formula is C20H25F3N4O4S. The number of nitrogens with zero attached hydrogens (tertiary/aromatic N) is 2. The fraction of sp³-hybridized carbons (Fsp3) is 0.600. The van der Waals surface area contributed by atoms with Crippen LogP contribution in [0.25, 0.3) is 0 Å². The highest BCUT2D eigenvalue weighted by Crippen LogP contribution is 2.45. The van der Waals surface area contributed by atoms with Crippen LogP contribution in [0.1, 0.15) is 67.1 Å². The quantitative estimate of drug-likeness (QED) is 0.669. The molecule has 8 nitrogen and oxygen atoms in total. The standard InChI is InChI=1S/C20H25F3N4O4S/c1-10-4-7-15(21)16(11(10)2)12(3)17(18-24-25-19(28)31-18)26-32(29,30)27-13-5-6-14(27)9-20(22,23)8-13/h4,7,12-14,17,26H,5-6,8-9H2,1-3H3,(H,25,28)/t12-,13?,14?,17+/m1/s1. The lowest BCUT2D eigenvalue weighted by atomic mass is 9.88. The van der Waals surface area contributed by atoms with Crippen LogP contribution in [0.2, 0.25) is 0 Å². The van der Waals surface area contributed by atoms with Gasteiger partial charge in [-0.3, -0.25) is 0 Å². The number of piperidine rings is 1. The van der Waals surface area contributed by atoms with Crippen LogP contribution < -0.4 is 10.5 Å². The van der Waals surface area contributed by atoms with Crippen molar-refractivity contribution in [1.29, 1.82) is 0 Å². The van der Waals surface area contributed by atoms with Gasteiger partial charge in [-0.15, -0.1) is 5.10 Å². The number of H-pyrrole nitrogens is 1. The number of fused-ring (bicyclic) bond motifs is 2. The lowest BCUT2D eigenvalue weighted by molar-refractivity contribution is -0.0634. The van der Waals surface area contributed by atoms with Crippen molar-refractivity contribution in [1.82, 2.24) is 19.2 Å². The highest BCUT2D eigenvalue weighted by atomic mass is 32.2. The van der Waals surface area contributed by atoms with Crippen molar-refractivity contribution in [3.63, 3.8) is 0 Å². The average Bonchev–Trinajstić information content (AvgIpc) is 3.25. The summed E-state index contributed by atoms with van der Waals surface area (Å²) in [5, 5.41) is 5.85. The summed E-state index contributed by atoms with van der Waals surface area (Å²) in [6, 6.07) is -0.00857. The van der Waals surface area contributed by atoms with Gasteiger partial charge in [0.2, 0.25) is 5.89 Å². The Morgan fingerprint density at radius 3 is 2.44 bits per heavy atom. The molecule has 2 unspecified atom stereocenters. The second-order valence-corrected chi connectivity index (χ2v) is 10.3. The van der Waals surface area contributed by atoms with E-state index in [9.17, 15) is 26.4 Å². The van der Waals surface area contributed by atoms with Crippen LogP contribution in [-0.4, -0.2) is 40.9 Å². The second kappa shape index (κ2) is 7.99. The molecule has 0 spiro atoms. The van der Waals surface area contributed by atoms with Crippen LogP contribution >= 0.6 is 0 Å². The first-order valence-corrected chi connectivity index (χ1v) is 11.8. The van der Waals surface area contributed by atoms with Gasteiger partial charge >= 0.3 is 5.76 Å². The lowest BCUT2D eigenvalue weighted by Gasteiger charge is -2.38. The van der Waals surface area contributed by atoms with Gasteiger partial charge in [0, 0.05) is 30.8 Å². The number of hydrogen-bond donors (Lipinski definition) is 2. The highest BCUT2D eigenvalue weighted by Gasteiger charge is 2.54. The molecule has 2 aromatic rings. The maximum Gasteiger partial charge on any atom is 0.434 e. The summed E-state index contributed by atoms with van der Waals surface area (Å²) >= 11 is 0. The summed E-state index contributed by atoms with van der Waals surface area (Å²) in [5.41, 5.74) is 1.67. The Morgan fingerprint density at radius 1 is 1.25 bits per heavy atom. The number of rotatable bonds is 6. The van der Waals surface area contributed by atoms with Gasteiger partial charge in [-0.25, -0.2) is 23.1 Å². The Labute approximate surface area is 183 Å². The Balaban J connectivity index is 1.72. The monoisotopic (exact) mass is 474 g/mol. The molecule has 0 radical (unpaired) electrons. The van der Waals surface area contributed by atoms with Crippen LogP contribution in [0, 0.1) is 19.7 Å². The average molecular weight is 475 g/mol. The van der Waals surface area contributed by atoms with Crippen molar-refractivity contribution >= 4 is 10.2 Å². The van der Waals surface area contributed by atoms with Gasteiger partial charge < -0.3 is 4.42 Å². The number of aromatic nitrogens is 2. The molecule has 0 amide bonds. The largest absolute Gasteiger partial charge is 0.434 e. The van der Waals surface area contributed by atoms with Gasteiger partial charge in [-0.05, 0) is 49.4 Å². The molecule has 4 atom stereocenters. The zero-order chi connectivity index (χ0) is 23.4. The minimum atomic E-state index is -4.28. The summed E-state index contributed by atoms with van der Waals surface area (Å²) in [6.07, 6.45) is -0.420. The summed E-state index contributed by atoms with van der Waals surface area (Å²) in [6.45, 7) is 5.10. The van der Waals surface area contributed by atoms with E-state index >= 15 is 0 Å². The molecule has 12 heteroatoms. The highest BCUT2D eigenvalue weighted by molar-refractivity contribution is 7.87. The number of aryl methyl sites for hydroxylation is 1. The molecule has 32 heavy (non-hydrogen) atoms. The Morgan fingerprint density at radius 2 is 1.88 bits per heavy atom. The van der Waals surface area contributed by atoms with Gasteiger partial charge in [0.25, 0.3) is 16.1 Å². The summed E-state index contributed by atoms with van der Waals surface area (Å²) in [4.78, 5) is 11.6. The van der Waals surface area contributed by atoms with E-state index in [4.69, 9.17) is 4.42 Å². The number of halogens is 3.